The summed E-state index contributed by atoms with van der Waals surface area (Å²) in [5.41, 5.74) is -1.25. The first-order valence-corrected chi connectivity index (χ1v) is 11.4. The van der Waals surface area contributed by atoms with E-state index in [1.165, 1.54) is 30.3 Å². The van der Waals surface area contributed by atoms with Crippen LogP contribution in [0.1, 0.15) is 35.8 Å². The average Bonchev–Trinajstić information content (AvgIpc) is 3.30. The Morgan fingerprint density at radius 1 is 0.917 bits per heavy atom. The molecule has 0 amide bonds. The van der Waals surface area contributed by atoms with Gasteiger partial charge in [0.05, 0.1) is 24.2 Å². The van der Waals surface area contributed by atoms with Crippen LogP contribution in [0.3, 0.4) is 0 Å². The van der Waals surface area contributed by atoms with Crippen LogP contribution in [0.4, 0.5) is 5.69 Å². The molecule has 0 saturated carbocycles. The highest BCUT2D eigenvalue weighted by atomic mass is 16.6. The van der Waals surface area contributed by atoms with Crippen LogP contribution in [-0.4, -0.2) is 41.4 Å². The Morgan fingerprint density at radius 3 is 2.11 bits per heavy atom. The second-order valence-corrected chi connectivity index (χ2v) is 8.17. The molecule has 1 aliphatic heterocycles. The Morgan fingerprint density at radius 2 is 1.53 bits per heavy atom. The monoisotopic (exact) mass is 488 g/mol. The third-order valence-electron chi connectivity index (χ3n) is 5.96. The van der Waals surface area contributed by atoms with Crippen molar-refractivity contribution in [3.8, 4) is 0 Å². The summed E-state index contributed by atoms with van der Waals surface area (Å²) < 4.78 is 10.4. The number of nitrogens with zero attached hydrogens (tertiary/aromatic N) is 1. The van der Waals surface area contributed by atoms with Crippen molar-refractivity contribution in [3.05, 3.63) is 99.6 Å². The molecule has 1 aliphatic rings. The number of nitro benzene ring substituents is 1. The summed E-state index contributed by atoms with van der Waals surface area (Å²) in [7, 11) is 0. The topological polar surface area (TPSA) is 125 Å². The molecule has 4 rings (SSSR count). The summed E-state index contributed by atoms with van der Waals surface area (Å²) in [4.78, 5) is 50.5. The molecule has 0 bridgehead atoms. The maximum atomic E-state index is 13.8. The first kappa shape index (κ1) is 24.7. The molecule has 1 N–H and O–H groups in total. The molecule has 0 radical (unpaired) electrons. The maximum Gasteiger partial charge on any atom is 0.342 e. The van der Waals surface area contributed by atoms with Crippen molar-refractivity contribution in [2.24, 2.45) is 0 Å². The second-order valence-electron chi connectivity index (χ2n) is 8.17. The predicted molar refractivity (Wildman–Crippen MR) is 131 cm³/mol. The van der Waals surface area contributed by atoms with Crippen LogP contribution in [0.5, 0.6) is 0 Å². The van der Waals surface area contributed by atoms with Gasteiger partial charge in [0.25, 0.3) is 5.69 Å². The zero-order valence-corrected chi connectivity index (χ0v) is 19.7. The number of non-ortho nitro benzene ring substituents is 1. The third kappa shape index (κ3) is 4.48. The van der Waals surface area contributed by atoms with E-state index in [2.05, 4.69) is 5.32 Å². The molecular weight excluding hydrogens is 464 g/mol. The van der Waals surface area contributed by atoms with Crippen molar-refractivity contribution in [2.75, 3.05) is 13.2 Å². The number of ketones is 1. The van der Waals surface area contributed by atoms with Crippen molar-refractivity contribution in [2.45, 2.75) is 25.4 Å². The quantitative estimate of drug-likeness (QED) is 0.165. The van der Waals surface area contributed by atoms with E-state index in [0.717, 1.165) is 10.8 Å². The molecule has 9 nitrogen and oxygen atoms in total. The van der Waals surface area contributed by atoms with E-state index in [4.69, 9.17) is 9.47 Å². The lowest BCUT2D eigenvalue weighted by atomic mass is 9.92. The Labute approximate surface area is 206 Å². The lowest BCUT2D eigenvalue weighted by molar-refractivity contribution is -0.384. The van der Waals surface area contributed by atoms with Gasteiger partial charge in [-0.15, -0.1) is 0 Å². The van der Waals surface area contributed by atoms with Gasteiger partial charge in [-0.1, -0.05) is 48.5 Å². The lowest BCUT2D eigenvalue weighted by Gasteiger charge is -2.26. The lowest BCUT2D eigenvalue weighted by Crippen LogP contribution is -2.56. The van der Waals surface area contributed by atoms with Crippen LogP contribution < -0.4 is 5.32 Å². The van der Waals surface area contributed by atoms with E-state index in [0.29, 0.717) is 11.1 Å². The molecule has 9 heteroatoms. The number of esters is 2. The van der Waals surface area contributed by atoms with E-state index in [1.807, 2.05) is 30.3 Å². The number of ether oxygens (including phenoxy) is 2. The number of nitro groups is 1. The minimum atomic E-state index is -2.06. The molecule has 0 aromatic heterocycles. The molecule has 36 heavy (non-hydrogen) atoms. The zero-order chi connectivity index (χ0) is 25.9. The van der Waals surface area contributed by atoms with E-state index < -0.39 is 34.2 Å². The molecule has 0 spiro atoms. The maximum absolute atomic E-state index is 13.8. The highest BCUT2D eigenvalue weighted by molar-refractivity contribution is 6.16. The fourth-order valence-corrected chi connectivity index (χ4v) is 4.22. The highest BCUT2D eigenvalue weighted by Gasteiger charge is 2.54. The van der Waals surface area contributed by atoms with Gasteiger partial charge < -0.3 is 9.47 Å². The molecule has 0 unspecified atom stereocenters. The number of fused-ring (bicyclic) bond motifs is 1. The van der Waals surface area contributed by atoms with Gasteiger partial charge in [0.15, 0.2) is 5.78 Å². The van der Waals surface area contributed by atoms with E-state index in [1.54, 1.807) is 26.0 Å². The minimum Gasteiger partial charge on any atom is -0.464 e. The van der Waals surface area contributed by atoms with Crippen LogP contribution in [0.2, 0.25) is 0 Å². The van der Waals surface area contributed by atoms with Gasteiger partial charge in [-0.2, -0.15) is 0 Å². The summed E-state index contributed by atoms with van der Waals surface area (Å²) in [6, 6.07) is 17.4. The molecule has 3 aromatic rings. The van der Waals surface area contributed by atoms with Crippen molar-refractivity contribution in [3.63, 3.8) is 0 Å². The Hall–Kier alpha value is -4.37. The van der Waals surface area contributed by atoms with Crippen molar-refractivity contribution in [1.29, 1.82) is 0 Å². The number of hydrogen-bond donors (Lipinski definition) is 1. The van der Waals surface area contributed by atoms with Gasteiger partial charge in [0, 0.05) is 23.3 Å². The molecular formula is C27H24N2O7. The number of carbonyl (C=O) groups excluding carboxylic acids is 3. The summed E-state index contributed by atoms with van der Waals surface area (Å²) in [6.45, 7) is 3.21. The fourth-order valence-electron chi connectivity index (χ4n) is 4.22. The Bertz CT molecular complexity index is 1360. The number of rotatable bonds is 8. The van der Waals surface area contributed by atoms with Crippen LogP contribution in [0.25, 0.3) is 10.8 Å². The molecule has 0 fully saturated rings. The summed E-state index contributed by atoms with van der Waals surface area (Å²) in [5, 5.41) is 15.9. The van der Waals surface area contributed by atoms with Crippen LogP contribution in [0.15, 0.2) is 78.4 Å². The summed E-state index contributed by atoms with van der Waals surface area (Å²) in [6.07, 6.45) is 1.26. The average molecular weight is 488 g/mol. The van der Waals surface area contributed by atoms with Gasteiger partial charge in [0.2, 0.25) is 5.54 Å². The standard InChI is InChI=1S/C27H24N2O7/c1-3-35-25(31)27(26(32)36-4-2)16-22(23(28-27)18-11-13-21(14-12-18)29(33)34)24(30)20-10-9-17-7-5-6-8-19(17)15-20/h5-16,23,28H,3-4H2,1-2H3/t23-/m0/s1. The number of nitrogens with one attached hydrogen (secondary N) is 1. The second kappa shape index (κ2) is 10.1. The van der Waals surface area contributed by atoms with Gasteiger partial charge in [-0.05, 0) is 42.3 Å². The normalized spacial score (nSPS) is 16.3. The predicted octanol–water partition coefficient (Wildman–Crippen LogP) is 4.07. The fraction of sp³-hybridized carbons (Fsp3) is 0.222. The van der Waals surface area contributed by atoms with E-state index >= 15 is 0 Å². The van der Waals surface area contributed by atoms with Gasteiger partial charge in [0.1, 0.15) is 0 Å². The molecule has 1 heterocycles. The molecule has 184 valence electrons. The van der Waals surface area contributed by atoms with E-state index in [-0.39, 0.29) is 24.5 Å². The largest absolute Gasteiger partial charge is 0.464 e. The molecule has 3 aromatic carbocycles. The first-order valence-electron chi connectivity index (χ1n) is 11.4. The van der Waals surface area contributed by atoms with Crippen LogP contribution in [-0.2, 0) is 19.1 Å². The smallest absolute Gasteiger partial charge is 0.342 e. The highest BCUT2D eigenvalue weighted by Crippen LogP contribution is 2.37. The van der Waals surface area contributed by atoms with E-state index in [9.17, 15) is 24.5 Å². The summed E-state index contributed by atoms with van der Waals surface area (Å²) >= 11 is 0. The number of carbonyl (C=O) groups is 3. The molecule has 0 saturated heterocycles. The zero-order valence-electron chi connectivity index (χ0n) is 19.7. The first-order chi connectivity index (χ1) is 17.3. The number of hydrogen-bond acceptors (Lipinski definition) is 8. The summed E-state index contributed by atoms with van der Waals surface area (Å²) in [5.74, 6) is -2.22. The van der Waals surface area contributed by atoms with Crippen LogP contribution >= 0.6 is 0 Å². The van der Waals surface area contributed by atoms with Crippen molar-refractivity contribution < 1.29 is 28.8 Å². The third-order valence-corrected chi connectivity index (χ3v) is 5.96. The van der Waals surface area contributed by atoms with Crippen molar-refractivity contribution >= 4 is 34.2 Å². The van der Waals surface area contributed by atoms with Gasteiger partial charge in [-0.25, -0.2) is 9.59 Å². The molecule has 1 atom stereocenters. The van der Waals surface area contributed by atoms with Gasteiger partial charge in [-0.3, -0.25) is 20.2 Å². The minimum absolute atomic E-state index is 0.00562. The number of Topliss-reactive ketones (excluding diaryl/α,β-unsaturated/α-hetero) is 1. The SMILES string of the molecule is CCOC(=O)C1(C(=O)OCC)C=C(C(=O)c2ccc3ccccc3c2)[C@H](c2ccc([N+](=O)[O-])cc2)N1. The molecule has 0 aliphatic carbocycles. The van der Waals surface area contributed by atoms with Crippen molar-refractivity contribution in [1.82, 2.24) is 5.32 Å². The Kier molecular flexibility index (Phi) is 6.93. The van der Waals surface area contributed by atoms with Gasteiger partial charge >= 0.3 is 11.9 Å². The number of benzene rings is 3. The van der Waals surface area contributed by atoms with Crippen LogP contribution in [0, 0.1) is 10.1 Å². The Balaban J connectivity index is 1.85.